The monoisotopic (exact) mass is 583 g/mol. The van der Waals surface area contributed by atoms with Crippen molar-refractivity contribution >= 4 is 57.3 Å². The number of para-hydroxylation sites is 2. The number of anilines is 1. The molecule has 4 aromatic rings. The highest BCUT2D eigenvalue weighted by molar-refractivity contribution is 14.1. The Bertz CT molecular complexity index is 1340. The van der Waals surface area contributed by atoms with Crippen LogP contribution in [-0.2, 0) is 4.79 Å². The summed E-state index contributed by atoms with van der Waals surface area (Å²) in [7, 11) is 0. The molecule has 0 spiro atoms. The molecule has 0 aliphatic heterocycles. The van der Waals surface area contributed by atoms with Crippen LogP contribution < -0.4 is 20.2 Å². The first kappa shape index (κ1) is 24.3. The van der Waals surface area contributed by atoms with E-state index >= 15 is 0 Å². The number of carbonyl (C=O) groups is 2. The number of carbonyl (C=O) groups excluding carboxylic acids is 2. The van der Waals surface area contributed by atoms with Gasteiger partial charge in [0.15, 0.2) is 23.9 Å². The summed E-state index contributed by atoms with van der Waals surface area (Å²) >= 11 is 2.10. The van der Waals surface area contributed by atoms with Crippen LogP contribution in [0.1, 0.15) is 23.0 Å². The fraction of sp³-hybridized carbons (Fsp3) is 0.115. The maximum Gasteiger partial charge on any atom is 0.307 e. The zero-order chi connectivity index (χ0) is 24.6. The van der Waals surface area contributed by atoms with Crippen LogP contribution in [0.4, 0.5) is 5.69 Å². The van der Waals surface area contributed by atoms with E-state index in [4.69, 9.17) is 13.9 Å². The number of nitrogens with one attached hydrogen (secondary N) is 2. The van der Waals surface area contributed by atoms with Crippen LogP contribution in [0.5, 0.6) is 11.5 Å². The lowest BCUT2D eigenvalue weighted by atomic mass is 10.2. The highest BCUT2D eigenvalue weighted by Gasteiger charge is 2.15. The third kappa shape index (κ3) is 6.38. The molecule has 4 rings (SSSR count). The number of furan rings is 1. The van der Waals surface area contributed by atoms with Crippen LogP contribution in [0.3, 0.4) is 0 Å². The van der Waals surface area contributed by atoms with Gasteiger partial charge in [0.1, 0.15) is 5.58 Å². The Hall–Kier alpha value is -3.86. The molecule has 0 saturated heterocycles. The highest BCUT2D eigenvalue weighted by Crippen LogP contribution is 2.34. The Balaban J connectivity index is 1.41. The lowest BCUT2D eigenvalue weighted by molar-refractivity contribution is -0.118. The number of benzene rings is 3. The second-order valence-electron chi connectivity index (χ2n) is 7.31. The van der Waals surface area contributed by atoms with E-state index in [1.54, 1.807) is 30.3 Å². The molecule has 9 heteroatoms. The van der Waals surface area contributed by atoms with Gasteiger partial charge in [-0.3, -0.25) is 9.59 Å². The van der Waals surface area contributed by atoms with E-state index in [1.807, 2.05) is 49.4 Å². The second kappa shape index (κ2) is 11.5. The Morgan fingerprint density at radius 1 is 1.03 bits per heavy atom. The minimum atomic E-state index is -0.457. The topological polar surface area (TPSA) is 102 Å². The molecule has 0 aliphatic carbocycles. The molecule has 0 fully saturated rings. The first-order valence-corrected chi connectivity index (χ1v) is 11.9. The van der Waals surface area contributed by atoms with Gasteiger partial charge in [-0.05, 0) is 71.5 Å². The van der Waals surface area contributed by atoms with Crippen molar-refractivity contribution in [1.29, 1.82) is 0 Å². The predicted octanol–water partition coefficient (Wildman–Crippen LogP) is 5.22. The SMILES string of the molecule is CCOc1cc(/C=N/NC(=O)c2cc3ccccc3o2)cc(I)c1OCC(=O)Nc1ccccc1. The van der Waals surface area contributed by atoms with Crippen LogP contribution in [-0.4, -0.2) is 31.2 Å². The molecule has 0 saturated carbocycles. The van der Waals surface area contributed by atoms with Gasteiger partial charge in [-0.15, -0.1) is 0 Å². The van der Waals surface area contributed by atoms with Crippen molar-refractivity contribution in [3.05, 3.63) is 87.7 Å². The molecule has 0 aliphatic rings. The molecular formula is C26H22IN3O5. The normalized spacial score (nSPS) is 10.9. The van der Waals surface area contributed by atoms with E-state index in [2.05, 4.69) is 38.4 Å². The summed E-state index contributed by atoms with van der Waals surface area (Å²) in [5.74, 6) is 0.358. The molecule has 1 aromatic heterocycles. The van der Waals surface area contributed by atoms with Crippen molar-refractivity contribution in [1.82, 2.24) is 5.43 Å². The van der Waals surface area contributed by atoms with Gasteiger partial charge >= 0.3 is 5.91 Å². The van der Waals surface area contributed by atoms with Crippen molar-refractivity contribution in [3.63, 3.8) is 0 Å². The van der Waals surface area contributed by atoms with E-state index in [9.17, 15) is 9.59 Å². The Morgan fingerprint density at radius 2 is 1.80 bits per heavy atom. The largest absolute Gasteiger partial charge is 0.490 e. The number of rotatable bonds is 9. The third-order valence-electron chi connectivity index (χ3n) is 4.77. The molecule has 35 heavy (non-hydrogen) atoms. The van der Waals surface area contributed by atoms with Gasteiger partial charge in [0.05, 0.1) is 16.4 Å². The number of ether oxygens (including phenoxy) is 2. The average Bonchev–Trinajstić information content (AvgIpc) is 3.29. The van der Waals surface area contributed by atoms with E-state index in [0.717, 1.165) is 8.96 Å². The summed E-state index contributed by atoms with van der Waals surface area (Å²) in [6, 6.07) is 21.7. The number of fused-ring (bicyclic) bond motifs is 1. The first-order valence-electron chi connectivity index (χ1n) is 10.8. The number of halogens is 1. The van der Waals surface area contributed by atoms with Crippen molar-refractivity contribution in [2.24, 2.45) is 5.10 Å². The summed E-state index contributed by atoms with van der Waals surface area (Å²) in [5, 5.41) is 7.65. The molecular weight excluding hydrogens is 561 g/mol. The van der Waals surface area contributed by atoms with E-state index in [0.29, 0.717) is 34.9 Å². The van der Waals surface area contributed by atoms with Gasteiger partial charge in [0.25, 0.3) is 5.91 Å². The van der Waals surface area contributed by atoms with Crippen molar-refractivity contribution in [2.45, 2.75) is 6.92 Å². The molecule has 0 bridgehead atoms. The number of hydrogen-bond acceptors (Lipinski definition) is 6. The molecule has 2 N–H and O–H groups in total. The summed E-state index contributed by atoms with van der Waals surface area (Å²) < 4.78 is 17.8. The van der Waals surface area contributed by atoms with E-state index < -0.39 is 5.91 Å². The third-order valence-corrected chi connectivity index (χ3v) is 5.57. The molecule has 178 valence electrons. The molecule has 0 unspecified atom stereocenters. The number of nitrogens with zero attached hydrogens (tertiary/aromatic N) is 1. The lowest BCUT2D eigenvalue weighted by Crippen LogP contribution is -2.20. The predicted molar refractivity (Wildman–Crippen MR) is 142 cm³/mol. The Morgan fingerprint density at radius 3 is 2.57 bits per heavy atom. The summed E-state index contributed by atoms with van der Waals surface area (Å²) in [6.07, 6.45) is 1.50. The van der Waals surface area contributed by atoms with Crippen LogP contribution in [0, 0.1) is 3.57 Å². The number of hydrazone groups is 1. The maximum absolute atomic E-state index is 12.4. The van der Waals surface area contributed by atoms with Crippen molar-refractivity contribution in [3.8, 4) is 11.5 Å². The van der Waals surface area contributed by atoms with E-state index in [1.165, 1.54) is 6.21 Å². The molecule has 2 amide bonds. The van der Waals surface area contributed by atoms with Gasteiger partial charge < -0.3 is 19.2 Å². The van der Waals surface area contributed by atoms with Crippen LogP contribution >= 0.6 is 22.6 Å². The van der Waals surface area contributed by atoms with Gasteiger partial charge in [0, 0.05) is 11.1 Å². The van der Waals surface area contributed by atoms with Crippen LogP contribution in [0.2, 0.25) is 0 Å². The van der Waals surface area contributed by atoms with Gasteiger partial charge in [-0.2, -0.15) is 5.10 Å². The molecule has 0 atom stereocenters. The molecule has 8 nitrogen and oxygen atoms in total. The summed E-state index contributed by atoms with van der Waals surface area (Å²) in [5.41, 5.74) is 4.47. The minimum absolute atomic E-state index is 0.172. The Kier molecular flexibility index (Phi) is 7.99. The minimum Gasteiger partial charge on any atom is -0.490 e. The summed E-state index contributed by atoms with van der Waals surface area (Å²) in [4.78, 5) is 24.6. The Labute approximate surface area is 215 Å². The standard InChI is InChI=1S/C26H22IN3O5/c1-2-33-22-13-17(15-28-30-26(32)23-14-18-8-6-7-11-21(18)35-23)12-20(27)25(22)34-16-24(31)29-19-9-4-3-5-10-19/h3-15H,2,16H2,1H3,(H,29,31)(H,30,32)/b28-15+. The van der Waals surface area contributed by atoms with Crippen molar-refractivity contribution in [2.75, 3.05) is 18.5 Å². The first-order chi connectivity index (χ1) is 17.0. The van der Waals surface area contributed by atoms with Crippen molar-refractivity contribution < 1.29 is 23.5 Å². The van der Waals surface area contributed by atoms with Gasteiger partial charge in [-0.1, -0.05) is 36.4 Å². The maximum atomic E-state index is 12.4. The lowest BCUT2D eigenvalue weighted by Gasteiger charge is -2.14. The zero-order valence-electron chi connectivity index (χ0n) is 18.8. The number of amides is 2. The van der Waals surface area contributed by atoms with Gasteiger partial charge in [0.2, 0.25) is 0 Å². The van der Waals surface area contributed by atoms with E-state index in [-0.39, 0.29) is 18.3 Å². The van der Waals surface area contributed by atoms with Crippen LogP contribution in [0.25, 0.3) is 11.0 Å². The summed E-state index contributed by atoms with van der Waals surface area (Å²) in [6.45, 7) is 2.09. The second-order valence-corrected chi connectivity index (χ2v) is 8.48. The highest BCUT2D eigenvalue weighted by atomic mass is 127. The number of hydrogen-bond donors (Lipinski definition) is 2. The fourth-order valence-corrected chi connectivity index (χ4v) is 4.02. The molecule has 1 heterocycles. The average molecular weight is 583 g/mol. The smallest absolute Gasteiger partial charge is 0.307 e. The molecule has 3 aromatic carbocycles. The quantitative estimate of drug-likeness (QED) is 0.160. The fourth-order valence-electron chi connectivity index (χ4n) is 3.24. The molecule has 0 radical (unpaired) electrons. The van der Waals surface area contributed by atoms with Crippen LogP contribution in [0.15, 0.2) is 82.3 Å². The van der Waals surface area contributed by atoms with Gasteiger partial charge in [-0.25, -0.2) is 5.43 Å². The zero-order valence-corrected chi connectivity index (χ0v) is 20.9.